The minimum absolute atomic E-state index is 0.212. The Labute approximate surface area is 85.2 Å². The van der Waals surface area contributed by atoms with Crippen molar-refractivity contribution in [2.45, 2.75) is 51.3 Å². The van der Waals surface area contributed by atoms with Gasteiger partial charge in [-0.2, -0.15) is 0 Å². The predicted octanol–water partition coefficient (Wildman–Crippen LogP) is 0.407. The summed E-state index contributed by atoms with van der Waals surface area (Å²) in [6.07, 6.45) is 3.21. The summed E-state index contributed by atoms with van der Waals surface area (Å²) in [4.78, 5) is 11.0. The normalized spacial score (nSPS) is 18.5. The molecule has 0 aromatic rings. The van der Waals surface area contributed by atoms with Gasteiger partial charge in [0.05, 0.1) is 12.1 Å². The van der Waals surface area contributed by atoms with Crippen molar-refractivity contribution in [2.75, 3.05) is 6.61 Å². The fraction of sp³-hybridized carbons (Fsp3) is 0.900. The van der Waals surface area contributed by atoms with Gasteiger partial charge in [0, 0.05) is 12.6 Å². The molecule has 1 rings (SSSR count). The van der Waals surface area contributed by atoms with Gasteiger partial charge in [0.1, 0.15) is 0 Å². The van der Waals surface area contributed by atoms with Gasteiger partial charge in [-0.15, -0.1) is 0 Å². The summed E-state index contributed by atoms with van der Waals surface area (Å²) in [5.41, 5.74) is 5.27. The Balaban J connectivity index is 2.17. The first-order chi connectivity index (χ1) is 6.59. The van der Waals surface area contributed by atoms with Crippen molar-refractivity contribution in [3.05, 3.63) is 0 Å². The molecular weight excluding hydrogens is 180 g/mol. The smallest absolute Gasteiger partial charge is 0.234 e. The van der Waals surface area contributed by atoms with Gasteiger partial charge in [-0.05, 0) is 33.1 Å². The Morgan fingerprint density at radius 3 is 2.64 bits per heavy atom. The van der Waals surface area contributed by atoms with Crippen LogP contribution in [0.3, 0.4) is 0 Å². The van der Waals surface area contributed by atoms with Crippen molar-refractivity contribution >= 4 is 5.91 Å². The van der Waals surface area contributed by atoms with E-state index in [0.717, 1.165) is 12.8 Å². The lowest BCUT2D eigenvalue weighted by Gasteiger charge is -2.15. The fourth-order valence-electron chi connectivity index (χ4n) is 1.26. The Bertz CT molecular complexity index is 191. The molecule has 0 saturated heterocycles. The van der Waals surface area contributed by atoms with Crippen LogP contribution in [0.25, 0.3) is 0 Å². The first kappa shape index (κ1) is 11.5. The van der Waals surface area contributed by atoms with E-state index in [1.54, 1.807) is 0 Å². The lowest BCUT2D eigenvalue weighted by molar-refractivity contribution is -0.120. The summed E-state index contributed by atoms with van der Waals surface area (Å²) >= 11 is 0. The number of hydrogen-bond donors (Lipinski definition) is 2. The third-order valence-electron chi connectivity index (χ3n) is 2.22. The highest BCUT2D eigenvalue weighted by atomic mass is 16.5. The monoisotopic (exact) mass is 200 g/mol. The quantitative estimate of drug-likeness (QED) is 0.625. The van der Waals surface area contributed by atoms with Crippen LogP contribution in [0.1, 0.15) is 33.1 Å². The van der Waals surface area contributed by atoms with Crippen molar-refractivity contribution in [3.8, 4) is 0 Å². The Hall–Kier alpha value is -0.610. The second-order valence-corrected chi connectivity index (χ2v) is 4.10. The molecule has 82 valence electrons. The highest BCUT2D eigenvalue weighted by molar-refractivity contribution is 5.79. The van der Waals surface area contributed by atoms with Crippen LogP contribution in [-0.4, -0.2) is 30.7 Å². The number of nitrogens with one attached hydrogen (secondary N) is 1. The summed E-state index contributed by atoms with van der Waals surface area (Å²) in [5, 5.41) is 3.21. The van der Waals surface area contributed by atoms with Gasteiger partial charge in [0.25, 0.3) is 0 Å². The summed E-state index contributed by atoms with van der Waals surface area (Å²) in [6.45, 7) is 4.55. The molecule has 4 nitrogen and oxygen atoms in total. The van der Waals surface area contributed by atoms with E-state index in [2.05, 4.69) is 5.32 Å². The summed E-state index contributed by atoms with van der Waals surface area (Å²) in [5.74, 6) is -0.274. The molecule has 0 aliphatic heterocycles. The zero-order chi connectivity index (χ0) is 10.6. The zero-order valence-corrected chi connectivity index (χ0v) is 8.95. The van der Waals surface area contributed by atoms with Crippen LogP contribution < -0.4 is 11.1 Å². The highest BCUT2D eigenvalue weighted by Gasteiger charge is 2.26. The second-order valence-electron chi connectivity index (χ2n) is 4.10. The minimum Gasteiger partial charge on any atom is -0.379 e. The number of rotatable bonds is 7. The maximum atomic E-state index is 11.0. The zero-order valence-electron chi connectivity index (χ0n) is 8.95. The molecule has 0 aromatic carbocycles. The number of amides is 1. The molecule has 4 heteroatoms. The van der Waals surface area contributed by atoms with Gasteiger partial charge in [0.15, 0.2) is 0 Å². The minimum atomic E-state index is -0.274. The van der Waals surface area contributed by atoms with Crippen LogP contribution in [0.5, 0.6) is 0 Å². The number of ether oxygens (including phenoxy) is 1. The molecule has 1 aliphatic carbocycles. The molecular formula is C10H20N2O2. The third-order valence-corrected chi connectivity index (χ3v) is 2.22. The van der Waals surface area contributed by atoms with E-state index >= 15 is 0 Å². The van der Waals surface area contributed by atoms with E-state index in [-0.39, 0.29) is 18.1 Å². The van der Waals surface area contributed by atoms with E-state index in [0.29, 0.717) is 19.1 Å². The molecule has 0 aromatic heterocycles. The topological polar surface area (TPSA) is 64.3 Å². The molecule has 3 N–H and O–H groups in total. The molecule has 0 radical (unpaired) electrons. The molecule has 14 heavy (non-hydrogen) atoms. The van der Waals surface area contributed by atoms with E-state index in [4.69, 9.17) is 10.5 Å². The molecule has 1 atom stereocenters. The molecule has 1 fully saturated rings. The fourth-order valence-corrected chi connectivity index (χ4v) is 1.26. The number of hydrogen-bond acceptors (Lipinski definition) is 3. The molecule has 0 bridgehead atoms. The molecule has 0 spiro atoms. The largest absolute Gasteiger partial charge is 0.379 e. The standard InChI is InChI=1S/C10H20N2O2/c1-7(2)14-6-5-9(10(11)13)12-8-3-4-8/h7-9,12H,3-6H2,1-2H3,(H2,11,13). The SMILES string of the molecule is CC(C)OCCC(NC1CC1)C(N)=O. The number of carbonyl (C=O) groups excluding carboxylic acids is 1. The van der Waals surface area contributed by atoms with Crippen LogP contribution in [-0.2, 0) is 9.53 Å². The number of nitrogens with two attached hydrogens (primary N) is 1. The lowest BCUT2D eigenvalue weighted by Crippen LogP contribution is -2.43. The third kappa shape index (κ3) is 4.58. The summed E-state index contributed by atoms with van der Waals surface area (Å²) in [7, 11) is 0. The van der Waals surface area contributed by atoms with E-state index in [1.165, 1.54) is 0 Å². The Kier molecular flexibility index (Phi) is 4.35. The van der Waals surface area contributed by atoms with Crippen LogP contribution in [0.4, 0.5) is 0 Å². The van der Waals surface area contributed by atoms with E-state index in [1.807, 2.05) is 13.8 Å². The molecule has 0 heterocycles. The maximum absolute atomic E-state index is 11.0. The molecule has 1 aliphatic rings. The predicted molar refractivity (Wildman–Crippen MR) is 54.8 cm³/mol. The Morgan fingerprint density at radius 1 is 1.57 bits per heavy atom. The van der Waals surface area contributed by atoms with Crippen LogP contribution >= 0.6 is 0 Å². The first-order valence-corrected chi connectivity index (χ1v) is 5.26. The van der Waals surface area contributed by atoms with Crippen molar-refractivity contribution in [3.63, 3.8) is 0 Å². The van der Waals surface area contributed by atoms with Crippen LogP contribution in [0.15, 0.2) is 0 Å². The summed E-state index contributed by atoms with van der Waals surface area (Å²) in [6, 6.07) is 0.285. The molecule has 1 unspecified atom stereocenters. The second kappa shape index (κ2) is 5.32. The Morgan fingerprint density at radius 2 is 2.21 bits per heavy atom. The van der Waals surface area contributed by atoms with Crippen molar-refractivity contribution in [1.29, 1.82) is 0 Å². The van der Waals surface area contributed by atoms with Crippen molar-refractivity contribution in [1.82, 2.24) is 5.32 Å². The lowest BCUT2D eigenvalue weighted by atomic mass is 10.2. The van der Waals surface area contributed by atoms with Gasteiger partial charge < -0.3 is 15.8 Å². The molecule has 1 saturated carbocycles. The molecule has 1 amide bonds. The van der Waals surface area contributed by atoms with E-state index in [9.17, 15) is 4.79 Å². The van der Waals surface area contributed by atoms with Gasteiger partial charge in [-0.25, -0.2) is 0 Å². The van der Waals surface area contributed by atoms with Gasteiger partial charge >= 0.3 is 0 Å². The maximum Gasteiger partial charge on any atom is 0.234 e. The number of primary amides is 1. The van der Waals surface area contributed by atoms with Gasteiger partial charge in [-0.3, -0.25) is 4.79 Å². The van der Waals surface area contributed by atoms with E-state index < -0.39 is 0 Å². The highest BCUT2D eigenvalue weighted by Crippen LogP contribution is 2.19. The van der Waals surface area contributed by atoms with Gasteiger partial charge in [0.2, 0.25) is 5.91 Å². The van der Waals surface area contributed by atoms with Crippen molar-refractivity contribution < 1.29 is 9.53 Å². The van der Waals surface area contributed by atoms with Gasteiger partial charge in [-0.1, -0.05) is 0 Å². The number of carbonyl (C=O) groups is 1. The summed E-state index contributed by atoms with van der Waals surface area (Å²) < 4.78 is 5.38. The average molecular weight is 200 g/mol. The average Bonchev–Trinajstić information content (AvgIpc) is 2.85. The first-order valence-electron chi connectivity index (χ1n) is 5.26. The van der Waals surface area contributed by atoms with Crippen molar-refractivity contribution in [2.24, 2.45) is 5.73 Å². The van der Waals surface area contributed by atoms with Crippen LogP contribution in [0.2, 0.25) is 0 Å². The van der Waals surface area contributed by atoms with Crippen LogP contribution in [0, 0.1) is 0 Å².